The van der Waals surface area contributed by atoms with Gasteiger partial charge >= 0.3 is 11.9 Å². The van der Waals surface area contributed by atoms with Gasteiger partial charge in [0.1, 0.15) is 19.8 Å². The molecule has 0 rings (SSSR count). The van der Waals surface area contributed by atoms with Crippen molar-refractivity contribution in [3.05, 3.63) is 12.2 Å². The number of hydrogen-bond donors (Lipinski definition) is 0. The van der Waals surface area contributed by atoms with Crippen LogP contribution in [0.1, 0.15) is 187 Å². The Morgan fingerprint density at radius 2 is 1.00 bits per heavy atom. The minimum Gasteiger partial charge on any atom is -0.756 e. The molecule has 0 aromatic carbocycles. The number of nitrogens with zero attached hydrogens (tertiary/aromatic N) is 1. The van der Waals surface area contributed by atoms with Crippen molar-refractivity contribution in [3.63, 3.8) is 0 Å². The number of carbonyl (C=O) groups excluding carboxylic acids is 2. The topological polar surface area (TPSA) is 111 Å². The third kappa shape index (κ3) is 38.3. The molecule has 0 spiro atoms. The maximum absolute atomic E-state index is 12.6. The van der Waals surface area contributed by atoms with Crippen LogP contribution < -0.4 is 4.89 Å². The summed E-state index contributed by atoms with van der Waals surface area (Å²) in [6.07, 6.45) is 33.7. The number of likely N-dealkylation sites (N-methyl/N-ethyl adjacent to an activating group) is 1. The summed E-state index contributed by atoms with van der Waals surface area (Å²) in [5.41, 5.74) is 0. The molecule has 0 aromatic rings. The van der Waals surface area contributed by atoms with Crippen molar-refractivity contribution in [1.29, 1.82) is 0 Å². The first-order valence-corrected chi connectivity index (χ1v) is 22.4. The highest BCUT2D eigenvalue weighted by Crippen LogP contribution is 2.38. The molecule has 0 aliphatic carbocycles. The second kappa shape index (κ2) is 34.5. The van der Waals surface area contributed by atoms with Crippen LogP contribution in [-0.4, -0.2) is 70.0 Å². The summed E-state index contributed by atoms with van der Waals surface area (Å²) in [4.78, 5) is 37.4. The van der Waals surface area contributed by atoms with Crippen LogP contribution in [0.3, 0.4) is 0 Å². The minimum atomic E-state index is -4.62. The zero-order valence-corrected chi connectivity index (χ0v) is 34.7. The van der Waals surface area contributed by atoms with Crippen molar-refractivity contribution in [2.24, 2.45) is 0 Å². The van der Waals surface area contributed by atoms with Gasteiger partial charge in [0, 0.05) is 12.8 Å². The third-order valence-electron chi connectivity index (χ3n) is 9.04. The van der Waals surface area contributed by atoms with Crippen LogP contribution in [0, 0.1) is 0 Å². The van der Waals surface area contributed by atoms with E-state index in [9.17, 15) is 19.0 Å². The molecule has 0 heterocycles. The number of phosphoric acid groups is 1. The van der Waals surface area contributed by atoms with Crippen LogP contribution >= 0.6 is 7.82 Å². The summed E-state index contributed by atoms with van der Waals surface area (Å²) in [7, 11) is 1.17. The van der Waals surface area contributed by atoms with Gasteiger partial charge in [-0.3, -0.25) is 14.2 Å². The molecule has 0 saturated carbocycles. The van der Waals surface area contributed by atoms with Crippen LogP contribution in [0.2, 0.25) is 0 Å². The quantitative estimate of drug-likeness (QED) is 0.0202. The van der Waals surface area contributed by atoms with Gasteiger partial charge in [0.05, 0.1) is 27.7 Å². The number of quaternary nitrogens is 1. The Bertz CT molecular complexity index is 891. The van der Waals surface area contributed by atoms with Gasteiger partial charge in [-0.05, 0) is 38.5 Å². The van der Waals surface area contributed by atoms with Gasteiger partial charge in [-0.25, -0.2) is 0 Å². The molecule has 51 heavy (non-hydrogen) atoms. The van der Waals surface area contributed by atoms with Gasteiger partial charge in [0.2, 0.25) is 0 Å². The number of unbranched alkanes of at least 4 members (excludes halogenated alkanes) is 22. The lowest BCUT2D eigenvalue weighted by Crippen LogP contribution is -2.37. The first-order valence-electron chi connectivity index (χ1n) is 20.9. The Hall–Kier alpha value is -1.25. The number of ether oxygens (including phenoxy) is 2. The van der Waals surface area contributed by atoms with Crippen LogP contribution in [0.25, 0.3) is 0 Å². The van der Waals surface area contributed by atoms with E-state index in [0.717, 1.165) is 51.4 Å². The second-order valence-electron chi connectivity index (χ2n) is 15.4. The molecule has 0 N–H and O–H groups in total. The zero-order chi connectivity index (χ0) is 37.9. The number of allylic oxidation sites excluding steroid dienone is 2. The SMILES string of the molecule is CCCCCCCC/C=C\CCCCCCCC(=O)OC[C@H](COP(=O)([O-])OCC[N+](C)(C)C)OC(=O)CCCCCCCCCCCCCC. The van der Waals surface area contributed by atoms with E-state index in [1.54, 1.807) is 0 Å². The third-order valence-corrected chi connectivity index (χ3v) is 10.00. The molecule has 0 radical (unpaired) electrons. The Kier molecular flexibility index (Phi) is 33.7. The lowest BCUT2D eigenvalue weighted by molar-refractivity contribution is -0.870. The molecule has 1 unspecified atom stereocenters. The van der Waals surface area contributed by atoms with Gasteiger partial charge in [0.25, 0.3) is 7.82 Å². The highest BCUT2D eigenvalue weighted by atomic mass is 31.2. The average Bonchev–Trinajstić information content (AvgIpc) is 3.07. The van der Waals surface area contributed by atoms with Crippen molar-refractivity contribution in [2.45, 2.75) is 193 Å². The van der Waals surface area contributed by atoms with E-state index in [2.05, 4.69) is 26.0 Å². The average molecular weight is 746 g/mol. The molecule has 0 aromatic heterocycles. The van der Waals surface area contributed by atoms with Gasteiger partial charge < -0.3 is 27.9 Å². The molecule has 0 bridgehead atoms. The summed E-state index contributed by atoms with van der Waals surface area (Å²) in [6.45, 7) is 4.21. The maximum Gasteiger partial charge on any atom is 0.306 e. The Labute approximate surface area is 314 Å². The van der Waals surface area contributed by atoms with Gasteiger partial charge in [-0.1, -0.05) is 148 Å². The zero-order valence-electron chi connectivity index (χ0n) is 33.8. The molecule has 0 aliphatic rings. The lowest BCUT2D eigenvalue weighted by atomic mass is 10.0. The summed E-state index contributed by atoms with van der Waals surface area (Å²) in [5.74, 6) is -0.838. The number of rotatable bonds is 38. The summed E-state index contributed by atoms with van der Waals surface area (Å²) in [5, 5.41) is 0. The summed E-state index contributed by atoms with van der Waals surface area (Å²) < 4.78 is 33.8. The lowest BCUT2D eigenvalue weighted by Gasteiger charge is -2.28. The highest BCUT2D eigenvalue weighted by molar-refractivity contribution is 7.45. The predicted octanol–water partition coefficient (Wildman–Crippen LogP) is 10.8. The normalized spacial score (nSPS) is 13.8. The highest BCUT2D eigenvalue weighted by Gasteiger charge is 2.21. The second-order valence-corrected chi connectivity index (χ2v) is 16.8. The van der Waals surface area contributed by atoms with E-state index >= 15 is 0 Å². The van der Waals surface area contributed by atoms with Crippen LogP contribution in [0.15, 0.2) is 12.2 Å². The Morgan fingerprint density at radius 3 is 1.45 bits per heavy atom. The van der Waals surface area contributed by atoms with Crippen molar-refractivity contribution >= 4 is 19.8 Å². The van der Waals surface area contributed by atoms with E-state index in [1.807, 2.05) is 21.1 Å². The monoisotopic (exact) mass is 746 g/mol. The number of phosphoric ester groups is 1. The van der Waals surface area contributed by atoms with Crippen molar-refractivity contribution in [1.82, 2.24) is 0 Å². The largest absolute Gasteiger partial charge is 0.756 e. The van der Waals surface area contributed by atoms with Crippen molar-refractivity contribution in [3.8, 4) is 0 Å². The van der Waals surface area contributed by atoms with Crippen LogP contribution in [0.4, 0.5) is 0 Å². The van der Waals surface area contributed by atoms with E-state index in [1.165, 1.54) is 103 Å². The fraction of sp³-hybridized carbons (Fsp3) is 0.902. The standard InChI is InChI=1S/C41H80NO8P/c1-6-8-10-12-14-16-18-20-21-22-24-25-27-29-31-33-40(43)47-37-39(38-49-51(45,46)48-36-35-42(3,4)5)50-41(44)34-32-30-28-26-23-19-17-15-13-11-9-7-2/h20-21,39H,6-19,22-38H2,1-5H3/b21-20-/t39-/m1/s1. The molecule has 0 aliphatic heterocycles. The van der Waals surface area contributed by atoms with E-state index < -0.39 is 26.5 Å². The summed E-state index contributed by atoms with van der Waals surface area (Å²) >= 11 is 0. The first-order chi connectivity index (χ1) is 24.5. The Balaban J connectivity index is 4.38. The Morgan fingerprint density at radius 1 is 0.588 bits per heavy atom. The molecular formula is C41H80NO8P. The maximum atomic E-state index is 12.6. The fourth-order valence-corrected chi connectivity index (χ4v) is 6.44. The van der Waals surface area contributed by atoms with E-state index in [4.69, 9.17) is 18.5 Å². The van der Waals surface area contributed by atoms with E-state index in [0.29, 0.717) is 17.4 Å². The smallest absolute Gasteiger partial charge is 0.306 e. The first kappa shape index (κ1) is 49.8. The van der Waals surface area contributed by atoms with Crippen molar-refractivity contribution < 1.29 is 42.1 Å². The van der Waals surface area contributed by atoms with Crippen LogP contribution in [0.5, 0.6) is 0 Å². The molecule has 10 heteroatoms. The number of esters is 2. The van der Waals surface area contributed by atoms with Crippen LogP contribution in [-0.2, 0) is 32.7 Å². The van der Waals surface area contributed by atoms with E-state index in [-0.39, 0.29) is 32.0 Å². The molecular weight excluding hydrogens is 665 g/mol. The molecule has 9 nitrogen and oxygen atoms in total. The van der Waals surface area contributed by atoms with Crippen molar-refractivity contribution in [2.75, 3.05) is 47.5 Å². The predicted molar refractivity (Wildman–Crippen MR) is 208 cm³/mol. The fourth-order valence-electron chi connectivity index (χ4n) is 5.71. The minimum absolute atomic E-state index is 0.0291. The van der Waals surface area contributed by atoms with Gasteiger partial charge in [-0.2, -0.15) is 0 Å². The molecule has 2 atom stereocenters. The number of carbonyl (C=O) groups is 2. The molecule has 0 amide bonds. The molecule has 302 valence electrons. The van der Waals surface area contributed by atoms with Gasteiger partial charge in [-0.15, -0.1) is 0 Å². The molecule has 0 saturated heterocycles. The molecule has 0 fully saturated rings. The van der Waals surface area contributed by atoms with Gasteiger partial charge in [0.15, 0.2) is 6.10 Å². The summed E-state index contributed by atoms with van der Waals surface area (Å²) in [6, 6.07) is 0. The number of hydrogen-bond acceptors (Lipinski definition) is 8.